The maximum Gasteiger partial charge on any atom is 0.137 e. The lowest BCUT2D eigenvalue weighted by Crippen LogP contribution is -2.20. The van der Waals surface area contributed by atoms with Gasteiger partial charge in [0.25, 0.3) is 0 Å². The molecule has 0 aliphatic carbocycles. The molecule has 0 spiro atoms. The van der Waals surface area contributed by atoms with Gasteiger partial charge in [-0.1, -0.05) is 6.92 Å². The van der Waals surface area contributed by atoms with Gasteiger partial charge in [0, 0.05) is 24.6 Å². The summed E-state index contributed by atoms with van der Waals surface area (Å²) in [5, 5.41) is 0. The van der Waals surface area contributed by atoms with Crippen molar-refractivity contribution >= 4 is 11.3 Å². The quantitative estimate of drug-likeness (QED) is 0.895. The summed E-state index contributed by atoms with van der Waals surface area (Å²) in [5.41, 5.74) is 8.73. The first-order chi connectivity index (χ1) is 8.74. The van der Waals surface area contributed by atoms with Crippen LogP contribution in [0.5, 0.6) is 0 Å². The van der Waals surface area contributed by atoms with Crippen LogP contribution in [0.3, 0.4) is 0 Å². The molecule has 3 heterocycles. The van der Waals surface area contributed by atoms with E-state index in [1.54, 1.807) is 0 Å². The third kappa shape index (κ3) is 2.20. The van der Waals surface area contributed by atoms with Gasteiger partial charge >= 0.3 is 0 Å². The third-order valence-corrected chi connectivity index (χ3v) is 3.84. The molecule has 4 nitrogen and oxygen atoms in total. The average Bonchev–Trinajstić information content (AvgIpc) is 2.95. The van der Waals surface area contributed by atoms with Crippen molar-refractivity contribution in [1.29, 1.82) is 0 Å². The Kier molecular flexibility index (Phi) is 2.96. The number of nitrogen functional groups attached to an aromatic ring is 1. The standard InChI is InChI=1S/C14H20N4/c1-2-17-6-5-11(8-17)7-13-10-18-9-12(15)3-4-14(18)16-13/h3-4,9-11H,2,5-8,15H2,1H3. The molecule has 2 aromatic heterocycles. The number of pyridine rings is 1. The van der Waals surface area contributed by atoms with Gasteiger partial charge in [0.15, 0.2) is 0 Å². The number of hydrogen-bond acceptors (Lipinski definition) is 3. The van der Waals surface area contributed by atoms with E-state index in [0.717, 1.165) is 30.2 Å². The number of anilines is 1. The van der Waals surface area contributed by atoms with Crippen molar-refractivity contribution in [2.75, 3.05) is 25.4 Å². The van der Waals surface area contributed by atoms with Gasteiger partial charge in [-0.15, -0.1) is 0 Å². The van der Waals surface area contributed by atoms with Gasteiger partial charge in [0.2, 0.25) is 0 Å². The fraction of sp³-hybridized carbons (Fsp3) is 0.500. The molecule has 1 fully saturated rings. The highest BCUT2D eigenvalue weighted by atomic mass is 15.1. The van der Waals surface area contributed by atoms with Gasteiger partial charge in [-0.25, -0.2) is 4.98 Å². The fourth-order valence-corrected chi connectivity index (χ4v) is 2.82. The van der Waals surface area contributed by atoms with Crippen LogP contribution in [0.4, 0.5) is 5.69 Å². The average molecular weight is 244 g/mol. The molecule has 2 N–H and O–H groups in total. The maximum absolute atomic E-state index is 5.78. The molecule has 3 rings (SSSR count). The second-order valence-corrected chi connectivity index (χ2v) is 5.21. The number of aromatic nitrogens is 2. The van der Waals surface area contributed by atoms with E-state index in [0.29, 0.717) is 0 Å². The Morgan fingerprint density at radius 1 is 1.39 bits per heavy atom. The molecule has 96 valence electrons. The summed E-state index contributed by atoms with van der Waals surface area (Å²) in [6.07, 6.45) is 6.42. The van der Waals surface area contributed by atoms with Crippen molar-refractivity contribution in [2.24, 2.45) is 5.92 Å². The molecule has 0 aromatic carbocycles. The molecule has 1 aliphatic rings. The van der Waals surface area contributed by atoms with Gasteiger partial charge < -0.3 is 15.0 Å². The van der Waals surface area contributed by atoms with Gasteiger partial charge in [0.1, 0.15) is 5.65 Å². The minimum Gasteiger partial charge on any atom is -0.398 e. The van der Waals surface area contributed by atoms with Crippen molar-refractivity contribution in [3.05, 3.63) is 30.2 Å². The van der Waals surface area contributed by atoms with E-state index in [-0.39, 0.29) is 0 Å². The number of nitrogens with two attached hydrogens (primary N) is 1. The first kappa shape index (κ1) is 11.5. The summed E-state index contributed by atoms with van der Waals surface area (Å²) >= 11 is 0. The highest BCUT2D eigenvalue weighted by Crippen LogP contribution is 2.20. The van der Waals surface area contributed by atoms with Crippen molar-refractivity contribution in [3.8, 4) is 0 Å². The smallest absolute Gasteiger partial charge is 0.137 e. The Balaban J connectivity index is 1.75. The second-order valence-electron chi connectivity index (χ2n) is 5.21. The van der Waals surface area contributed by atoms with Gasteiger partial charge in [-0.2, -0.15) is 0 Å². The molecule has 1 saturated heterocycles. The summed E-state index contributed by atoms with van der Waals surface area (Å²) in [4.78, 5) is 7.17. The lowest BCUT2D eigenvalue weighted by atomic mass is 10.0. The van der Waals surface area contributed by atoms with E-state index in [9.17, 15) is 0 Å². The number of rotatable bonds is 3. The Morgan fingerprint density at radius 2 is 2.28 bits per heavy atom. The van der Waals surface area contributed by atoms with Crippen LogP contribution >= 0.6 is 0 Å². The minimum absolute atomic E-state index is 0.757. The van der Waals surface area contributed by atoms with Crippen LogP contribution in [0.25, 0.3) is 5.65 Å². The van der Waals surface area contributed by atoms with E-state index in [1.807, 2.05) is 22.7 Å². The SMILES string of the molecule is CCN1CCC(Cc2cn3cc(N)ccc3n2)C1. The number of likely N-dealkylation sites (tertiary alicyclic amines) is 1. The Labute approximate surface area is 107 Å². The number of nitrogens with zero attached hydrogens (tertiary/aromatic N) is 3. The highest BCUT2D eigenvalue weighted by molar-refractivity contribution is 5.48. The zero-order valence-corrected chi connectivity index (χ0v) is 10.8. The first-order valence-electron chi connectivity index (χ1n) is 6.70. The molecule has 0 bridgehead atoms. The zero-order chi connectivity index (χ0) is 12.5. The summed E-state index contributed by atoms with van der Waals surface area (Å²) in [6.45, 7) is 5.85. The lowest BCUT2D eigenvalue weighted by molar-refractivity contribution is 0.341. The van der Waals surface area contributed by atoms with Crippen LogP contribution in [-0.2, 0) is 6.42 Å². The van der Waals surface area contributed by atoms with Crippen LogP contribution < -0.4 is 5.73 Å². The minimum atomic E-state index is 0.757. The van der Waals surface area contributed by atoms with Crippen LogP contribution in [-0.4, -0.2) is 33.9 Å². The Hall–Kier alpha value is -1.55. The normalized spacial score (nSPS) is 20.8. The second kappa shape index (κ2) is 4.61. The maximum atomic E-state index is 5.78. The molecular weight excluding hydrogens is 224 g/mol. The topological polar surface area (TPSA) is 46.6 Å². The van der Waals surface area contributed by atoms with Crippen LogP contribution in [0.15, 0.2) is 24.5 Å². The molecular formula is C14H20N4. The van der Waals surface area contributed by atoms with E-state index >= 15 is 0 Å². The van der Waals surface area contributed by atoms with E-state index in [1.165, 1.54) is 25.2 Å². The summed E-state index contributed by atoms with van der Waals surface area (Å²) in [6, 6.07) is 3.88. The van der Waals surface area contributed by atoms with Crippen molar-refractivity contribution in [1.82, 2.24) is 14.3 Å². The molecule has 0 radical (unpaired) electrons. The molecule has 18 heavy (non-hydrogen) atoms. The van der Waals surface area contributed by atoms with Crippen molar-refractivity contribution in [3.63, 3.8) is 0 Å². The van der Waals surface area contributed by atoms with Crippen LogP contribution in [0.1, 0.15) is 19.0 Å². The fourth-order valence-electron chi connectivity index (χ4n) is 2.82. The number of imidazole rings is 1. The number of hydrogen-bond donors (Lipinski definition) is 1. The molecule has 2 aromatic rings. The Morgan fingerprint density at radius 3 is 3.06 bits per heavy atom. The van der Waals surface area contributed by atoms with E-state index in [2.05, 4.69) is 23.0 Å². The highest BCUT2D eigenvalue weighted by Gasteiger charge is 2.22. The predicted molar refractivity (Wildman–Crippen MR) is 73.5 cm³/mol. The van der Waals surface area contributed by atoms with Crippen molar-refractivity contribution < 1.29 is 0 Å². The van der Waals surface area contributed by atoms with Crippen LogP contribution in [0, 0.1) is 5.92 Å². The summed E-state index contributed by atoms with van der Waals surface area (Å²) < 4.78 is 2.03. The van der Waals surface area contributed by atoms with Crippen LogP contribution in [0.2, 0.25) is 0 Å². The lowest BCUT2D eigenvalue weighted by Gasteiger charge is -2.11. The summed E-state index contributed by atoms with van der Waals surface area (Å²) in [5.74, 6) is 0.757. The predicted octanol–water partition coefficient (Wildman–Crippen LogP) is 1.80. The van der Waals surface area contributed by atoms with Gasteiger partial charge in [0.05, 0.1) is 5.69 Å². The van der Waals surface area contributed by atoms with Gasteiger partial charge in [-0.05, 0) is 44.0 Å². The first-order valence-corrected chi connectivity index (χ1v) is 6.70. The number of fused-ring (bicyclic) bond motifs is 1. The monoisotopic (exact) mass is 244 g/mol. The zero-order valence-electron chi connectivity index (χ0n) is 10.8. The Bertz CT molecular complexity index is 546. The largest absolute Gasteiger partial charge is 0.398 e. The molecule has 1 atom stereocenters. The summed E-state index contributed by atoms with van der Waals surface area (Å²) in [7, 11) is 0. The molecule has 1 aliphatic heterocycles. The van der Waals surface area contributed by atoms with Crippen molar-refractivity contribution in [2.45, 2.75) is 19.8 Å². The third-order valence-electron chi connectivity index (χ3n) is 3.84. The molecule has 4 heteroatoms. The molecule has 1 unspecified atom stereocenters. The molecule has 0 saturated carbocycles. The molecule has 0 amide bonds. The van der Waals surface area contributed by atoms with Gasteiger partial charge in [-0.3, -0.25) is 0 Å². The van der Waals surface area contributed by atoms with E-state index in [4.69, 9.17) is 5.73 Å². The van der Waals surface area contributed by atoms with E-state index < -0.39 is 0 Å².